The van der Waals surface area contributed by atoms with Crippen LogP contribution in [0.1, 0.15) is 10.5 Å². The Morgan fingerprint density at radius 3 is 2.53 bits per heavy atom. The number of carbonyl (C=O) groups is 1. The molecule has 0 unspecified atom stereocenters. The van der Waals surface area contributed by atoms with Crippen LogP contribution in [0.2, 0.25) is 0 Å². The van der Waals surface area contributed by atoms with E-state index in [0.29, 0.717) is 10.8 Å². The van der Waals surface area contributed by atoms with Crippen LogP contribution in [0.5, 0.6) is 0 Å². The number of rotatable bonds is 1. The second-order valence-corrected chi connectivity index (χ2v) is 3.11. The summed E-state index contributed by atoms with van der Waals surface area (Å²) in [7, 11) is 1.40. The molecule has 0 atom stereocenters. The highest BCUT2D eigenvalue weighted by atomic mass is 16.4. The van der Waals surface area contributed by atoms with Crippen molar-refractivity contribution in [3.05, 3.63) is 40.3 Å². The van der Waals surface area contributed by atoms with Gasteiger partial charge in [-0.2, -0.15) is 5.10 Å². The van der Waals surface area contributed by atoms with Gasteiger partial charge in [-0.1, -0.05) is 18.2 Å². The average Bonchev–Trinajstić information content (AvgIpc) is 2.23. The van der Waals surface area contributed by atoms with E-state index in [1.54, 1.807) is 18.2 Å². The molecular weight excluding hydrogens is 196 g/mol. The van der Waals surface area contributed by atoms with Crippen molar-refractivity contribution >= 4 is 16.7 Å². The highest BCUT2D eigenvalue weighted by Crippen LogP contribution is 2.11. The van der Waals surface area contributed by atoms with Gasteiger partial charge in [0.05, 0.1) is 11.4 Å². The van der Waals surface area contributed by atoms with E-state index in [2.05, 4.69) is 5.10 Å². The number of carboxylic acid groups (broad SMARTS) is 1. The number of nitrogens with zero attached hydrogens (tertiary/aromatic N) is 2. The minimum atomic E-state index is -1.39. The first kappa shape index (κ1) is 9.39. The quantitative estimate of drug-likeness (QED) is 0.614. The Bertz CT molecular complexity index is 601. The van der Waals surface area contributed by atoms with Gasteiger partial charge in [0.1, 0.15) is 5.69 Å². The molecule has 5 heteroatoms. The van der Waals surface area contributed by atoms with Gasteiger partial charge in [0.25, 0.3) is 5.56 Å². The maximum atomic E-state index is 11.6. The minimum Gasteiger partial charge on any atom is -0.543 e. The first-order chi connectivity index (χ1) is 7.11. The smallest absolute Gasteiger partial charge is 0.274 e. The topological polar surface area (TPSA) is 75.0 Å². The number of fused-ring (bicyclic) bond motifs is 1. The van der Waals surface area contributed by atoms with Crippen molar-refractivity contribution in [2.45, 2.75) is 0 Å². The Morgan fingerprint density at radius 1 is 1.33 bits per heavy atom. The molecule has 0 aliphatic carbocycles. The lowest BCUT2D eigenvalue weighted by Gasteiger charge is -2.07. The van der Waals surface area contributed by atoms with Gasteiger partial charge >= 0.3 is 0 Å². The van der Waals surface area contributed by atoms with Crippen LogP contribution in [0.15, 0.2) is 29.1 Å². The van der Waals surface area contributed by atoms with Crippen molar-refractivity contribution in [1.29, 1.82) is 0 Å². The molecule has 0 aliphatic rings. The van der Waals surface area contributed by atoms with E-state index in [-0.39, 0.29) is 11.3 Å². The Kier molecular flexibility index (Phi) is 2.00. The van der Waals surface area contributed by atoms with Crippen LogP contribution in [0, 0.1) is 0 Å². The standard InChI is InChI=1S/C10H8N2O3/c1-12-9(13)7-5-3-2-4-6(7)8(11-12)10(14)15/h2-5H,1H3,(H,14,15)/p-1. The summed E-state index contributed by atoms with van der Waals surface area (Å²) in [6.07, 6.45) is 0. The number of carboxylic acids is 1. The molecule has 0 radical (unpaired) electrons. The van der Waals surface area contributed by atoms with Crippen molar-refractivity contribution < 1.29 is 9.90 Å². The van der Waals surface area contributed by atoms with Gasteiger partial charge in [-0.25, -0.2) is 4.68 Å². The van der Waals surface area contributed by atoms with E-state index < -0.39 is 5.97 Å². The van der Waals surface area contributed by atoms with E-state index in [4.69, 9.17) is 0 Å². The van der Waals surface area contributed by atoms with Crippen LogP contribution in [0.4, 0.5) is 0 Å². The zero-order valence-electron chi connectivity index (χ0n) is 7.93. The molecule has 15 heavy (non-hydrogen) atoms. The highest BCUT2D eigenvalue weighted by Gasteiger charge is 2.08. The van der Waals surface area contributed by atoms with Gasteiger partial charge in [-0.15, -0.1) is 0 Å². The number of aromatic nitrogens is 2. The lowest BCUT2D eigenvalue weighted by Crippen LogP contribution is -2.29. The van der Waals surface area contributed by atoms with Gasteiger partial charge in [0, 0.05) is 12.4 Å². The number of hydrogen-bond acceptors (Lipinski definition) is 4. The summed E-state index contributed by atoms with van der Waals surface area (Å²) in [4.78, 5) is 22.4. The molecule has 76 valence electrons. The maximum absolute atomic E-state index is 11.6. The molecule has 5 nitrogen and oxygen atoms in total. The van der Waals surface area contributed by atoms with Crippen molar-refractivity contribution in [1.82, 2.24) is 9.78 Å². The molecule has 0 fully saturated rings. The lowest BCUT2D eigenvalue weighted by atomic mass is 10.1. The minimum absolute atomic E-state index is 0.215. The van der Waals surface area contributed by atoms with Crippen LogP contribution >= 0.6 is 0 Å². The Labute approximate surface area is 84.6 Å². The van der Waals surface area contributed by atoms with Crippen molar-refractivity contribution in [3.8, 4) is 0 Å². The molecular formula is C10H7N2O3-. The molecule has 0 saturated carbocycles. The number of carbonyl (C=O) groups excluding carboxylic acids is 1. The van der Waals surface area contributed by atoms with Gasteiger partial charge < -0.3 is 9.90 Å². The fourth-order valence-corrected chi connectivity index (χ4v) is 1.45. The molecule has 1 heterocycles. The van der Waals surface area contributed by atoms with Gasteiger partial charge in [-0.3, -0.25) is 4.79 Å². The van der Waals surface area contributed by atoms with Crippen LogP contribution < -0.4 is 10.7 Å². The molecule has 1 aromatic heterocycles. The van der Waals surface area contributed by atoms with E-state index in [1.807, 2.05) is 0 Å². The van der Waals surface area contributed by atoms with E-state index >= 15 is 0 Å². The van der Waals surface area contributed by atoms with Crippen LogP contribution in [-0.2, 0) is 7.05 Å². The number of aromatic carboxylic acids is 1. The third-order valence-electron chi connectivity index (χ3n) is 2.15. The zero-order chi connectivity index (χ0) is 11.0. The summed E-state index contributed by atoms with van der Waals surface area (Å²) in [6.45, 7) is 0. The second-order valence-electron chi connectivity index (χ2n) is 3.11. The molecule has 0 N–H and O–H groups in total. The number of hydrogen-bond donors (Lipinski definition) is 0. The second kappa shape index (κ2) is 3.20. The van der Waals surface area contributed by atoms with Crippen LogP contribution in [-0.4, -0.2) is 15.7 Å². The van der Waals surface area contributed by atoms with Gasteiger partial charge in [-0.05, 0) is 6.07 Å². The lowest BCUT2D eigenvalue weighted by molar-refractivity contribution is -0.255. The summed E-state index contributed by atoms with van der Waals surface area (Å²) >= 11 is 0. The maximum Gasteiger partial charge on any atom is 0.274 e. The first-order valence-electron chi connectivity index (χ1n) is 4.28. The van der Waals surface area contributed by atoms with Crippen molar-refractivity contribution in [2.75, 3.05) is 0 Å². The van der Waals surface area contributed by atoms with Crippen LogP contribution in [0.25, 0.3) is 10.8 Å². The predicted octanol–water partition coefficient (Wildman–Crippen LogP) is -0.703. The van der Waals surface area contributed by atoms with Crippen molar-refractivity contribution in [3.63, 3.8) is 0 Å². The van der Waals surface area contributed by atoms with E-state index in [1.165, 1.54) is 13.1 Å². The monoisotopic (exact) mass is 203 g/mol. The molecule has 0 bridgehead atoms. The molecule has 0 spiro atoms. The summed E-state index contributed by atoms with van der Waals surface area (Å²) in [5.74, 6) is -1.39. The SMILES string of the molecule is Cn1nc(C(=O)[O-])c2ccccc2c1=O. The third kappa shape index (κ3) is 1.38. The molecule has 2 rings (SSSR count). The van der Waals surface area contributed by atoms with E-state index in [9.17, 15) is 14.7 Å². The normalized spacial score (nSPS) is 10.5. The molecule has 1 aromatic carbocycles. The largest absolute Gasteiger partial charge is 0.543 e. The summed E-state index contributed by atoms with van der Waals surface area (Å²) in [5, 5.41) is 15.1. The molecule has 0 saturated heterocycles. The zero-order valence-corrected chi connectivity index (χ0v) is 7.93. The van der Waals surface area contributed by atoms with Gasteiger partial charge in [0.15, 0.2) is 0 Å². The Hall–Kier alpha value is -2.17. The predicted molar refractivity (Wildman–Crippen MR) is 51.3 cm³/mol. The highest BCUT2D eigenvalue weighted by molar-refractivity contribution is 6.00. The average molecular weight is 203 g/mol. The molecule has 0 aliphatic heterocycles. The molecule has 0 amide bonds. The van der Waals surface area contributed by atoms with Gasteiger partial charge in [0.2, 0.25) is 0 Å². The number of aryl methyl sites for hydroxylation is 1. The number of benzene rings is 1. The van der Waals surface area contributed by atoms with Crippen molar-refractivity contribution in [2.24, 2.45) is 7.05 Å². The van der Waals surface area contributed by atoms with Crippen LogP contribution in [0.3, 0.4) is 0 Å². The Balaban J connectivity index is 3.01. The first-order valence-corrected chi connectivity index (χ1v) is 4.28. The fraction of sp³-hybridized carbons (Fsp3) is 0.100. The summed E-state index contributed by atoms with van der Waals surface area (Å²) in [6, 6.07) is 6.42. The molecule has 2 aromatic rings. The summed E-state index contributed by atoms with van der Waals surface area (Å²) < 4.78 is 0.994. The third-order valence-corrected chi connectivity index (χ3v) is 2.15. The Morgan fingerprint density at radius 2 is 1.93 bits per heavy atom. The summed E-state index contributed by atoms with van der Waals surface area (Å²) in [5.41, 5.74) is -0.539. The fourth-order valence-electron chi connectivity index (χ4n) is 1.45. The van der Waals surface area contributed by atoms with E-state index in [0.717, 1.165) is 4.68 Å².